The van der Waals surface area contributed by atoms with Gasteiger partial charge in [-0.1, -0.05) is 72.8 Å². The van der Waals surface area contributed by atoms with Crippen LogP contribution in [0.5, 0.6) is 0 Å². The lowest BCUT2D eigenvalue weighted by atomic mass is 9.83. The maximum absolute atomic E-state index is 14.5. The highest BCUT2D eigenvalue weighted by Gasteiger charge is 2.47. The van der Waals surface area contributed by atoms with Gasteiger partial charge in [-0.3, -0.25) is 19.2 Å². The Hall–Kier alpha value is -2.96. The summed E-state index contributed by atoms with van der Waals surface area (Å²) in [5.41, 5.74) is -1.73. The Morgan fingerprint density at radius 1 is 0.941 bits per heavy atom. The number of rotatable bonds is 16. The number of nitrogens with zero attached hydrogens (tertiary/aromatic N) is 1. The van der Waals surface area contributed by atoms with Crippen molar-refractivity contribution in [3.05, 3.63) is 12.7 Å². The fraction of sp³-hybridized carbons (Fsp3) is 0.816. The number of Topliss-reactive ketones (excluding diaryl/α,β-unsaturated/α-hetero) is 1. The molecule has 51 heavy (non-hydrogen) atoms. The molecule has 3 aliphatic rings. The molecule has 4 N–H and O–H groups in total. The van der Waals surface area contributed by atoms with Gasteiger partial charge in [-0.25, -0.2) is 13.2 Å². The molecule has 0 aromatic heterocycles. The highest BCUT2D eigenvalue weighted by molar-refractivity contribution is 7.92. The first kappa shape index (κ1) is 42.5. The molecule has 13 heteroatoms. The Balaban J connectivity index is 1.86. The summed E-state index contributed by atoms with van der Waals surface area (Å²) in [6.07, 6.45) is 9.33. The minimum absolute atomic E-state index is 0.0174. The van der Waals surface area contributed by atoms with Crippen LogP contribution in [0.1, 0.15) is 126 Å². The van der Waals surface area contributed by atoms with E-state index >= 15 is 0 Å². The summed E-state index contributed by atoms with van der Waals surface area (Å²) in [6.45, 7) is 18.6. The summed E-state index contributed by atoms with van der Waals surface area (Å²) in [6, 6.07) is -3.58. The predicted octanol–water partition coefficient (Wildman–Crippen LogP) is 4.43. The number of carbonyl (C=O) groups excluding carboxylic acids is 5. The molecule has 0 spiro atoms. The van der Waals surface area contributed by atoms with Gasteiger partial charge in [-0.05, 0) is 82.5 Å². The molecule has 0 aromatic rings. The summed E-state index contributed by atoms with van der Waals surface area (Å²) in [5, 5.41) is 11.3. The lowest BCUT2D eigenvalue weighted by Gasteiger charge is -2.41. The zero-order chi connectivity index (χ0) is 38.4. The zero-order valence-electron chi connectivity index (χ0n) is 32.4. The normalized spacial score (nSPS) is 22.1. The molecule has 1 heterocycles. The van der Waals surface area contributed by atoms with Crippen molar-refractivity contribution in [2.45, 2.75) is 154 Å². The first-order chi connectivity index (χ1) is 23.6. The van der Waals surface area contributed by atoms with Gasteiger partial charge in [0.2, 0.25) is 17.6 Å². The van der Waals surface area contributed by atoms with Gasteiger partial charge in [0.05, 0.1) is 22.1 Å². The van der Waals surface area contributed by atoms with Crippen LogP contribution in [-0.2, 0) is 29.0 Å². The highest BCUT2D eigenvalue weighted by Crippen LogP contribution is 2.36. The number of nitrogens with one attached hydrogen (secondary N) is 4. The Morgan fingerprint density at radius 2 is 1.57 bits per heavy atom. The number of sulfone groups is 1. The van der Waals surface area contributed by atoms with Crippen molar-refractivity contribution in [3.63, 3.8) is 0 Å². The standard InChI is InChI=1S/C38H65N5O7S/c1-10-20-39-33(46)30(44)28(17-16-26-14-15-26)40-32(45)29-22-27(21-25(2)3)23-43(29)34(47)31(36(4,5)6)41-35(48)42-38(18-12-11-13-19-38)24-51(49,50)37(7,8)9/h10,25-29,31H,1,11-24H2,2-9H3,(H,39,46)(H,40,45)(H2,41,42,48)/t27-,28+,29+,31-/m1/s1. The van der Waals surface area contributed by atoms with E-state index in [1.807, 2.05) is 20.8 Å². The molecule has 3 fully saturated rings. The molecule has 4 atom stereocenters. The maximum Gasteiger partial charge on any atom is 0.315 e. The van der Waals surface area contributed by atoms with Crippen LogP contribution in [0.15, 0.2) is 12.7 Å². The van der Waals surface area contributed by atoms with Crippen LogP contribution in [0, 0.1) is 23.2 Å². The fourth-order valence-corrected chi connectivity index (χ4v) is 8.87. The Labute approximate surface area is 306 Å². The summed E-state index contributed by atoms with van der Waals surface area (Å²) in [4.78, 5) is 69.8. The van der Waals surface area contributed by atoms with Crippen LogP contribution < -0.4 is 21.3 Å². The molecule has 0 aromatic carbocycles. The topological polar surface area (TPSA) is 171 Å². The number of carbonyl (C=O) groups is 5. The Morgan fingerprint density at radius 3 is 2.10 bits per heavy atom. The van der Waals surface area contributed by atoms with Gasteiger partial charge in [0, 0.05) is 13.1 Å². The van der Waals surface area contributed by atoms with E-state index < -0.39 is 73.2 Å². The monoisotopic (exact) mass is 735 g/mol. The van der Waals surface area contributed by atoms with Gasteiger partial charge in [-0.15, -0.1) is 6.58 Å². The van der Waals surface area contributed by atoms with E-state index in [0.717, 1.165) is 38.5 Å². The molecule has 5 amide bonds. The highest BCUT2D eigenvalue weighted by atomic mass is 32.2. The maximum atomic E-state index is 14.5. The fourth-order valence-electron chi connectivity index (χ4n) is 7.35. The van der Waals surface area contributed by atoms with Crippen molar-refractivity contribution >= 4 is 39.4 Å². The minimum atomic E-state index is -3.57. The van der Waals surface area contributed by atoms with Crippen LogP contribution in [0.25, 0.3) is 0 Å². The third-order valence-corrected chi connectivity index (χ3v) is 13.4. The molecule has 2 aliphatic carbocycles. The van der Waals surface area contributed by atoms with E-state index in [9.17, 15) is 32.4 Å². The number of ketones is 1. The van der Waals surface area contributed by atoms with Gasteiger partial charge in [0.25, 0.3) is 5.91 Å². The largest absolute Gasteiger partial charge is 0.346 e. The Kier molecular flexibility index (Phi) is 14.4. The smallest absolute Gasteiger partial charge is 0.315 e. The van der Waals surface area contributed by atoms with E-state index in [-0.39, 0.29) is 18.2 Å². The van der Waals surface area contributed by atoms with E-state index in [1.165, 1.54) is 11.0 Å². The van der Waals surface area contributed by atoms with Crippen LogP contribution in [0.3, 0.4) is 0 Å². The van der Waals surface area contributed by atoms with E-state index in [4.69, 9.17) is 0 Å². The number of amides is 5. The molecule has 0 bridgehead atoms. The first-order valence-corrected chi connectivity index (χ1v) is 20.6. The molecule has 3 rings (SSSR count). The number of urea groups is 1. The second-order valence-electron chi connectivity index (χ2n) is 17.8. The zero-order valence-corrected chi connectivity index (χ0v) is 33.2. The van der Waals surface area contributed by atoms with Crippen LogP contribution in [-0.4, -0.2) is 90.1 Å². The van der Waals surface area contributed by atoms with Crippen molar-refractivity contribution in [3.8, 4) is 0 Å². The van der Waals surface area contributed by atoms with Crippen molar-refractivity contribution in [2.24, 2.45) is 23.2 Å². The molecule has 290 valence electrons. The van der Waals surface area contributed by atoms with Gasteiger partial charge in [0.15, 0.2) is 9.84 Å². The molecule has 1 aliphatic heterocycles. The van der Waals surface area contributed by atoms with Crippen LogP contribution in [0.2, 0.25) is 0 Å². The van der Waals surface area contributed by atoms with Crippen molar-refractivity contribution in [1.82, 2.24) is 26.2 Å². The molecule has 12 nitrogen and oxygen atoms in total. The predicted molar refractivity (Wildman–Crippen MR) is 199 cm³/mol. The van der Waals surface area contributed by atoms with Crippen LogP contribution in [0.4, 0.5) is 4.79 Å². The molecular formula is C38H65N5O7S. The van der Waals surface area contributed by atoms with Crippen molar-refractivity contribution in [1.29, 1.82) is 0 Å². The number of hydrogen-bond donors (Lipinski definition) is 4. The molecule has 0 radical (unpaired) electrons. The summed E-state index contributed by atoms with van der Waals surface area (Å²) in [7, 11) is -3.57. The molecule has 1 saturated heterocycles. The lowest BCUT2D eigenvalue weighted by molar-refractivity contribution is -0.143. The van der Waals surface area contributed by atoms with Gasteiger partial charge in [-0.2, -0.15) is 0 Å². The average molecular weight is 736 g/mol. The van der Waals surface area contributed by atoms with Gasteiger partial charge >= 0.3 is 6.03 Å². The number of likely N-dealkylation sites (tertiary alicyclic amines) is 1. The third-order valence-electron chi connectivity index (χ3n) is 10.6. The van der Waals surface area contributed by atoms with Gasteiger partial charge < -0.3 is 26.2 Å². The van der Waals surface area contributed by atoms with Gasteiger partial charge in [0.1, 0.15) is 12.1 Å². The quantitative estimate of drug-likeness (QED) is 0.134. The van der Waals surface area contributed by atoms with Crippen LogP contribution >= 0.6 is 0 Å². The minimum Gasteiger partial charge on any atom is -0.346 e. The second kappa shape index (κ2) is 17.2. The SMILES string of the molecule is C=CCNC(=O)C(=O)[C@H](CCC1CC1)NC(=O)[C@@H]1C[C@@H](CC(C)C)CN1C(=O)[C@@H](NC(=O)NC1(CS(=O)(=O)C(C)(C)C)CCCCC1)C(C)(C)C. The molecule has 0 unspecified atom stereocenters. The van der Waals surface area contributed by atoms with E-state index in [0.29, 0.717) is 50.5 Å². The third kappa shape index (κ3) is 12.0. The van der Waals surface area contributed by atoms with Crippen molar-refractivity contribution < 1.29 is 32.4 Å². The summed E-state index contributed by atoms with van der Waals surface area (Å²) < 4.78 is 25.7. The second-order valence-corrected chi connectivity index (χ2v) is 20.5. The summed E-state index contributed by atoms with van der Waals surface area (Å²) in [5.74, 6) is -1.82. The molecule has 2 saturated carbocycles. The molecular weight excluding hydrogens is 671 g/mol. The average Bonchev–Trinajstić information content (AvgIpc) is 3.75. The van der Waals surface area contributed by atoms with E-state index in [2.05, 4.69) is 41.7 Å². The van der Waals surface area contributed by atoms with Crippen molar-refractivity contribution in [2.75, 3.05) is 18.8 Å². The lowest BCUT2D eigenvalue weighted by Crippen LogP contribution is -2.63. The number of hydrogen-bond acceptors (Lipinski definition) is 7. The first-order valence-electron chi connectivity index (χ1n) is 18.9. The summed E-state index contributed by atoms with van der Waals surface area (Å²) >= 11 is 0. The Bertz CT molecular complexity index is 1390. The van der Waals surface area contributed by atoms with E-state index in [1.54, 1.807) is 20.8 Å².